The lowest BCUT2D eigenvalue weighted by atomic mass is 9.97. The topological polar surface area (TPSA) is 69.0 Å². The van der Waals surface area contributed by atoms with E-state index in [0.29, 0.717) is 23.7 Å². The van der Waals surface area contributed by atoms with Crippen LogP contribution in [0.1, 0.15) is 29.3 Å². The van der Waals surface area contributed by atoms with Crippen molar-refractivity contribution in [2.24, 2.45) is 0 Å². The number of nitrogens with zero attached hydrogens (tertiary/aromatic N) is 3. The Balaban J connectivity index is 1.32. The van der Waals surface area contributed by atoms with E-state index in [0.717, 1.165) is 31.4 Å². The molecule has 1 fully saturated rings. The number of thiazole rings is 1. The molecule has 0 bridgehead atoms. The van der Waals surface area contributed by atoms with Gasteiger partial charge in [0.05, 0.1) is 33.0 Å². The van der Waals surface area contributed by atoms with Gasteiger partial charge in [0.1, 0.15) is 6.07 Å². The number of hydrogen-bond donors (Lipinski definition) is 1. The molecule has 136 valence electrons. The number of carbonyl (C=O) groups is 1. The number of rotatable bonds is 4. The maximum absolute atomic E-state index is 12.3. The number of benzene rings is 2. The van der Waals surface area contributed by atoms with Crippen molar-refractivity contribution >= 4 is 33.1 Å². The van der Waals surface area contributed by atoms with Crippen molar-refractivity contribution in [3.05, 3.63) is 59.1 Å². The van der Waals surface area contributed by atoms with E-state index < -0.39 is 0 Å². The number of fused-ring (bicyclic) bond motifs is 1. The molecule has 1 aliphatic rings. The fourth-order valence-electron chi connectivity index (χ4n) is 3.49. The smallest absolute Gasteiger partial charge is 0.238 e. The van der Waals surface area contributed by atoms with Gasteiger partial charge in [-0.05, 0) is 50.2 Å². The summed E-state index contributed by atoms with van der Waals surface area (Å²) in [6, 6.07) is 17.4. The highest BCUT2D eigenvalue weighted by molar-refractivity contribution is 7.18. The van der Waals surface area contributed by atoms with Gasteiger partial charge >= 0.3 is 0 Å². The molecule has 0 spiro atoms. The van der Waals surface area contributed by atoms with Crippen LogP contribution in [0.25, 0.3) is 10.2 Å². The molecule has 1 amide bonds. The highest BCUT2D eigenvalue weighted by Crippen LogP contribution is 2.33. The minimum atomic E-state index is -0.0730. The van der Waals surface area contributed by atoms with E-state index in [9.17, 15) is 4.79 Å². The molecule has 0 aliphatic carbocycles. The molecule has 0 saturated carbocycles. The summed E-state index contributed by atoms with van der Waals surface area (Å²) in [5.74, 6) is 0.400. The molecule has 2 heterocycles. The fraction of sp³-hybridized carbons (Fsp3) is 0.286. The predicted octanol–water partition coefficient (Wildman–Crippen LogP) is 3.99. The maximum atomic E-state index is 12.3. The molecule has 3 aromatic rings. The number of hydrogen-bond acceptors (Lipinski definition) is 5. The number of para-hydroxylation sites is 2. The van der Waals surface area contributed by atoms with Gasteiger partial charge < -0.3 is 5.32 Å². The van der Waals surface area contributed by atoms with E-state index >= 15 is 0 Å². The Morgan fingerprint density at radius 3 is 2.70 bits per heavy atom. The zero-order valence-corrected chi connectivity index (χ0v) is 15.7. The summed E-state index contributed by atoms with van der Waals surface area (Å²) < 4.78 is 1.24. The van der Waals surface area contributed by atoms with Crippen LogP contribution in [0.5, 0.6) is 0 Å². The second kappa shape index (κ2) is 7.87. The van der Waals surface area contributed by atoms with Crippen LogP contribution >= 0.6 is 11.3 Å². The highest BCUT2D eigenvalue weighted by atomic mass is 32.1. The first-order chi connectivity index (χ1) is 13.2. The fourth-order valence-corrected chi connectivity index (χ4v) is 4.62. The van der Waals surface area contributed by atoms with Gasteiger partial charge in [0, 0.05) is 5.92 Å². The normalized spacial score (nSPS) is 15.5. The Hall–Kier alpha value is -2.75. The highest BCUT2D eigenvalue weighted by Gasteiger charge is 2.24. The summed E-state index contributed by atoms with van der Waals surface area (Å²) in [5.41, 5.74) is 2.14. The van der Waals surface area contributed by atoms with Gasteiger partial charge in [-0.15, -0.1) is 11.3 Å². The number of amides is 1. The number of nitriles is 1. The van der Waals surface area contributed by atoms with Gasteiger partial charge in [-0.3, -0.25) is 9.69 Å². The Kier molecular flexibility index (Phi) is 5.14. The van der Waals surface area contributed by atoms with Gasteiger partial charge in [-0.2, -0.15) is 5.26 Å². The monoisotopic (exact) mass is 376 g/mol. The minimum absolute atomic E-state index is 0.0730. The molecule has 4 rings (SSSR count). The summed E-state index contributed by atoms with van der Waals surface area (Å²) in [7, 11) is 0. The molecule has 27 heavy (non-hydrogen) atoms. The third kappa shape index (κ3) is 4.00. The molecule has 0 unspecified atom stereocenters. The lowest BCUT2D eigenvalue weighted by Crippen LogP contribution is -2.38. The van der Waals surface area contributed by atoms with E-state index in [-0.39, 0.29) is 5.91 Å². The molecule has 1 saturated heterocycles. The van der Waals surface area contributed by atoms with Crippen molar-refractivity contribution in [1.29, 1.82) is 5.26 Å². The van der Waals surface area contributed by atoms with E-state index in [4.69, 9.17) is 10.2 Å². The second-order valence-electron chi connectivity index (χ2n) is 6.78. The number of carbonyl (C=O) groups excluding carboxylic acids is 1. The zero-order chi connectivity index (χ0) is 18.6. The van der Waals surface area contributed by atoms with Crippen molar-refractivity contribution in [1.82, 2.24) is 9.88 Å². The number of aromatic nitrogens is 1. The number of anilines is 1. The summed E-state index contributed by atoms with van der Waals surface area (Å²) in [5, 5.41) is 13.2. The molecule has 1 aromatic heterocycles. The van der Waals surface area contributed by atoms with Crippen LogP contribution < -0.4 is 5.32 Å². The number of piperidine rings is 1. The minimum Gasteiger partial charge on any atom is -0.324 e. The predicted molar refractivity (Wildman–Crippen MR) is 108 cm³/mol. The van der Waals surface area contributed by atoms with Gasteiger partial charge in [0.25, 0.3) is 0 Å². The molecule has 1 N–H and O–H groups in total. The van der Waals surface area contributed by atoms with Gasteiger partial charge in [0.2, 0.25) is 5.91 Å². The summed E-state index contributed by atoms with van der Waals surface area (Å²) in [6.07, 6.45) is 2.03. The second-order valence-corrected chi connectivity index (χ2v) is 7.84. The molecule has 2 aromatic carbocycles. The molecule has 5 nitrogen and oxygen atoms in total. The van der Waals surface area contributed by atoms with Crippen molar-refractivity contribution in [3.8, 4) is 6.07 Å². The molecular formula is C21H20N4OS. The van der Waals surface area contributed by atoms with Crippen molar-refractivity contribution < 1.29 is 4.79 Å². The Labute approximate surface area is 162 Å². The quantitative estimate of drug-likeness (QED) is 0.748. The zero-order valence-electron chi connectivity index (χ0n) is 14.9. The molecule has 0 atom stereocenters. The average molecular weight is 376 g/mol. The Bertz CT molecular complexity index is 966. The van der Waals surface area contributed by atoms with E-state index in [1.165, 1.54) is 9.71 Å². The summed E-state index contributed by atoms with van der Waals surface area (Å²) in [6.45, 7) is 2.12. The first-order valence-electron chi connectivity index (χ1n) is 9.10. The largest absolute Gasteiger partial charge is 0.324 e. The van der Waals surface area contributed by atoms with E-state index in [1.54, 1.807) is 29.5 Å². The first kappa shape index (κ1) is 17.7. The van der Waals surface area contributed by atoms with Crippen LogP contribution in [0.2, 0.25) is 0 Å². The van der Waals surface area contributed by atoms with Gasteiger partial charge in [0.15, 0.2) is 0 Å². The number of nitrogens with one attached hydrogen (secondary N) is 1. The summed E-state index contributed by atoms with van der Waals surface area (Å²) in [4.78, 5) is 19.3. The van der Waals surface area contributed by atoms with Crippen LogP contribution in [0.15, 0.2) is 48.5 Å². The van der Waals surface area contributed by atoms with Crippen LogP contribution in [0.4, 0.5) is 5.69 Å². The molecular weight excluding hydrogens is 356 g/mol. The lowest BCUT2D eigenvalue weighted by molar-refractivity contribution is -0.117. The van der Waals surface area contributed by atoms with Crippen LogP contribution in [-0.4, -0.2) is 35.4 Å². The van der Waals surface area contributed by atoms with E-state index in [1.807, 2.05) is 12.1 Å². The van der Waals surface area contributed by atoms with Crippen LogP contribution in [0, 0.1) is 11.3 Å². The SMILES string of the molecule is N#Cc1ccccc1NC(=O)CN1CCC(c2nc3ccccc3s2)CC1. The Morgan fingerprint density at radius 1 is 1.19 bits per heavy atom. The van der Waals surface area contributed by atoms with Crippen molar-refractivity contribution in [2.75, 3.05) is 25.0 Å². The summed E-state index contributed by atoms with van der Waals surface area (Å²) >= 11 is 1.79. The standard InChI is InChI=1S/C21H20N4OS/c22-13-16-5-1-2-6-17(16)23-20(26)14-25-11-9-15(10-12-25)21-24-18-7-3-4-8-19(18)27-21/h1-8,15H,9-12,14H2,(H,23,26). The molecule has 6 heteroatoms. The third-order valence-corrected chi connectivity index (χ3v) is 6.13. The van der Waals surface area contributed by atoms with Crippen molar-refractivity contribution in [3.63, 3.8) is 0 Å². The number of likely N-dealkylation sites (tertiary alicyclic amines) is 1. The third-order valence-electron chi connectivity index (χ3n) is 4.94. The average Bonchev–Trinajstić information content (AvgIpc) is 3.13. The van der Waals surface area contributed by atoms with Crippen LogP contribution in [0.3, 0.4) is 0 Å². The molecule has 0 radical (unpaired) electrons. The lowest BCUT2D eigenvalue weighted by Gasteiger charge is -2.30. The van der Waals surface area contributed by atoms with Gasteiger partial charge in [-0.25, -0.2) is 4.98 Å². The van der Waals surface area contributed by atoms with E-state index in [2.05, 4.69) is 34.5 Å². The van der Waals surface area contributed by atoms with Crippen LogP contribution in [-0.2, 0) is 4.79 Å². The van der Waals surface area contributed by atoms with Gasteiger partial charge in [-0.1, -0.05) is 24.3 Å². The molecule has 1 aliphatic heterocycles. The van der Waals surface area contributed by atoms with Crippen molar-refractivity contribution in [2.45, 2.75) is 18.8 Å². The Morgan fingerprint density at radius 2 is 1.93 bits per heavy atom. The maximum Gasteiger partial charge on any atom is 0.238 e. The first-order valence-corrected chi connectivity index (χ1v) is 9.91.